The van der Waals surface area contributed by atoms with Gasteiger partial charge in [-0.3, -0.25) is 9.59 Å². The van der Waals surface area contributed by atoms with E-state index in [2.05, 4.69) is 10.6 Å². The number of nitrogens with zero attached hydrogens (tertiary/aromatic N) is 1. The number of rotatable bonds is 8. The van der Waals surface area contributed by atoms with E-state index in [0.29, 0.717) is 5.56 Å². The number of ether oxygens (including phenoxy) is 1. The number of benzene rings is 2. The van der Waals surface area contributed by atoms with Crippen LogP contribution in [0.1, 0.15) is 82.3 Å². The molecule has 0 bridgehead atoms. The fourth-order valence-corrected chi connectivity index (χ4v) is 4.36. The number of hydrogen-bond donors (Lipinski definition) is 2. The molecule has 3 amide bonds. The van der Waals surface area contributed by atoms with Crippen molar-refractivity contribution in [1.82, 2.24) is 10.2 Å². The minimum atomic E-state index is -0.914. The Balaban J connectivity index is 2.59. The maximum Gasteiger partial charge on any atom is 0.408 e. The van der Waals surface area contributed by atoms with Crippen molar-refractivity contribution < 1.29 is 19.1 Å². The lowest BCUT2D eigenvalue weighted by Gasteiger charge is -2.38. The topological polar surface area (TPSA) is 87.7 Å². The summed E-state index contributed by atoms with van der Waals surface area (Å²) in [5.74, 6) is -0.897. The van der Waals surface area contributed by atoms with E-state index < -0.39 is 23.8 Å². The second-order valence-electron chi connectivity index (χ2n) is 11.7. The third kappa shape index (κ3) is 7.83. The van der Waals surface area contributed by atoms with Crippen molar-refractivity contribution in [2.75, 3.05) is 5.32 Å². The molecule has 2 aromatic carbocycles. The minimum Gasteiger partial charge on any atom is -0.444 e. The first-order chi connectivity index (χ1) is 17.5. The first-order valence-electron chi connectivity index (χ1n) is 13.3. The number of aryl methyl sites for hydroxylation is 4. The van der Waals surface area contributed by atoms with Gasteiger partial charge < -0.3 is 20.3 Å². The smallest absolute Gasteiger partial charge is 0.408 e. The van der Waals surface area contributed by atoms with E-state index >= 15 is 0 Å². The lowest BCUT2D eigenvalue weighted by molar-refractivity contribution is -0.143. The molecular formula is C31H45N3O4. The van der Waals surface area contributed by atoms with E-state index in [0.717, 1.165) is 27.9 Å². The zero-order chi connectivity index (χ0) is 28.9. The highest BCUT2D eigenvalue weighted by atomic mass is 16.6. The third-order valence-electron chi connectivity index (χ3n) is 6.52. The van der Waals surface area contributed by atoms with Crippen molar-refractivity contribution in [1.29, 1.82) is 0 Å². The summed E-state index contributed by atoms with van der Waals surface area (Å²) in [7, 11) is 0. The molecule has 0 radical (unpaired) electrons. The molecule has 2 N–H and O–H groups in total. The number of nitrogens with one attached hydrogen (secondary N) is 2. The average molecular weight is 524 g/mol. The standard InChI is InChI=1S/C31H45N3O4/c1-18(2)25(33-30(37)38-31(9,10)11)29(36)34(19(3)4)27(24-16-15-20(5)23(8)17-24)28(35)32-26-21(6)13-12-14-22(26)7/h12-19,25,27H,1-11H3,(H,32,35)(H,33,37). The van der Waals surface area contributed by atoms with Crippen LogP contribution in [0.2, 0.25) is 0 Å². The van der Waals surface area contributed by atoms with Gasteiger partial charge in [-0.25, -0.2) is 4.79 Å². The van der Waals surface area contributed by atoms with Crippen LogP contribution in [0.15, 0.2) is 36.4 Å². The number of carbonyl (C=O) groups is 3. The molecule has 2 rings (SSSR count). The molecule has 7 nitrogen and oxygen atoms in total. The predicted octanol–water partition coefficient (Wildman–Crippen LogP) is 6.39. The molecule has 0 aliphatic heterocycles. The van der Waals surface area contributed by atoms with Crippen molar-refractivity contribution in [2.45, 2.75) is 99.9 Å². The highest BCUT2D eigenvalue weighted by Gasteiger charge is 2.39. The lowest BCUT2D eigenvalue weighted by Crippen LogP contribution is -2.56. The van der Waals surface area contributed by atoms with Gasteiger partial charge in [0.25, 0.3) is 5.91 Å². The predicted molar refractivity (Wildman–Crippen MR) is 153 cm³/mol. The van der Waals surface area contributed by atoms with Crippen molar-refractivity contribution >= 4 is 23.6 Å². The summed E-state index contributed by atoms with van der Waals surface area (Å²) in [5, 5.41) is 5.85. The van der Waals surface area contributed by atoms with E-state index in [1.165, 1.54) is 0 Å². The molecule has 0 saturated heterocycles. The highest BCUT2D eigenvalue weighted by molar-refractivity contribution is 6.00. The quantitative estimate of drug-likeness (QED) is 0.420. The summed E-state index contributed by atoms with van der Waals surface area (Å²) in [4.78, 5) is 42.4. The van der Waals surface area contributed by atoms with Gasteiger partial charge in [-0.1, -0.05) is 50.2 Å². The van der Waals surface area contributed by atoms with Gasteiger partial charge in [0.05, 0.1) is 0 Å². The van der Waals surface area contributed by atoms with Crippen LogP contribution in [0.3, 0.4) is 0 Å². The molecule has 0 heterocycles. The van der Waals surface area contributed by atoms with E-state index in [-0.39, 0.29) is 23.8 Å². The molecule has 38 heavy (non-hydrogen) atoms. The maximum absolute atomic E-state index is 14.2. The molecule has 2 unspecified atom stereocenters. The van der Waals surface area contributed by atoms with Crippen LogP contribution in [0.25, 0.3) is 0 Å². The normalized spacial score (nSPS) is 13.2. The number of para-hydroxylation sites is 1. The van der Waals surface area contributed by atoms with Gasteiger partial charge in [0, 0.05) is 11.7 Å². The molecular weight excluding hydrogens is 478 g/mol. The maximum atomic E-state index is 14.2. The van der Waals surface area contributed by atoms with E-state index in [9.17, 15) is 14.4 Å². The Morgan fingerprint density at radius 1 is 0.842 bits per heavy atom. The van der Waals surface area contributed by atoms with Crippen LogP contribution >= 0.6 is 0 Å². The van der Waals surface area contributed by atoms with Crippen molar-refractivity contribution in [3.63, 3.8) is 0 Å². The van der Waals surface area contributed by atoms with Gasteiger partial charge in [-0.15, -0.1) is 0 Å². The summed E-state index contributed by atoms with van der Waals surface area (Å²) < 4.78 is 5.44. The first-order valence-corrected chi connectivity index (χ1v) is 13.3. The SMILES string of the molecule is Cc1ccc(C(C(=O)Nc2c(C)cccc2C)N(C(=O)C(NC(=O)OC(C)(C)C)C(C)C)C(C)C)cc1C. The zero-order valence-corrected chi connectivity index (χ0v) is 24.9. The Bertz CT molecular complexity index is 1140. The largest absolute Gasteiger partial charge is 0.444 e. The second-order valence-corrected chi connectivity index (χ2v) is 11.7. The Hall–Kier alpha value is -3.35. The minimum absolute atomic E-state index is 0.238. The first kappa shape index (κ1) is 30.9. The van der Waals surface area contributed by atoms with E-state index in [1.54, 1.807) is 25.7 Å². The Kier molecular flexibility index (Phi) is 10.1. The molecule has 2 atom stereocenters. The van der Waals surface area contributed by atoms with E-state index in [1.807, 2.05) is 91.8 Å². The Morgan fingerprint density at radius 3 is 1.89 bits per heavy atom. The number of carbonyl (C=O) groups excluding carboxylic acids is 3. The lowest BCUT2D eigenvalue weighted by atomic mass is 9.95. The van der Waals surface area contributed by atoms with Crippen LogP contribution in [0.5, 0.6) is 0 Å². The highest BCUT2D eigenvalue weighted by Crippen LogP contribution is 2.30. The van der Waals surface area contributed by atoms with Crippen molar-refractivity contribution in [3.05, 3.63) is 64.2 Å². The number of alkyl carbamates (subject to hydrolysis) is 1. The summed E-state index contributed by atoms with van der Waals surface area (Å²) in [6, 6.07) is 9.52. The van der Waals surface area contributed by atoms with Gasteiger partial charge in [0.2, 0.25) is 5.91 Å². The number of amides is 3. The number of hydrogen-bond acceptors (Lipinski definition) is 4. The van der Waals surface area contributed by atoms with Crippen molar-refractivity contribution in [3.8, 4) is 0 Å². The Morgan fingerprint density at radius 2 is 1.42 bits per heavy atom. The van der Waals surface area contributed by atoms with Crippen LogP contribution in [-0.4, -0.2) is 40.5 Å². The second kappa shape index (κ2) is 12.5. The van der Waals surface area contributed by atoms with Gasteiger partial charge in [0.15, 0.2) is 0 Å². The van der Waals surface area contributed by atoms with Crippen molar-refractivity contribution in [2.24, 2.45) is 5.92 Å². The number of anilines is 1. The Labute approximate surface area is 228 Å². The molecule has 0 aromatic heterocycles. The van der Waals surface area contributed by atoms with Crippen LogP contribution in [-0.2, 0) is 14.3 Å². The van der Waals surface area contributed by atoms with Gasteiger partial charge >= 0.3 is 6.09 Å². The fourth-order valence-electron chi connectivity index (χ4n) is 4.36. The monoisotopic (exact) mass is 523 g/mol. The third-order valence-corrected chi connectivity index (χ3v) is 6.52. The summed E-state index contributed by atoms with van der Waals surface area (Å²) in [6.45, 7) is 20.7. The molecule has 7 heteroatoms. The van der Waals surface area contributed by atoms with Crippen LogP contribution < -0.4 is 10.6 Å². The average Bonchev–Trinajstić information content (AvgIpc) is 2.78. The molecule has 0 aliphatic carbocycles. The molecule has 208 valence electrons. The van der Waals surface area contributed by atoms with Crippen LogP contribution in [0, 0.1) is 33.6 Å². The van der Waals surface area contributed by atoms with E-state index in [4.69, 9.17) is 4.74 Å². The molecule has 0 saturated carbocycles. The van der Waals surface area contributed by atoms with Gasteiger partial charge in [-0.2, -0.15) is 0 Å². The molecule has 0 fully saturated rings. The summed E-state index contributed by atoms with van der Waals surface area (Å²) in [6.07, 6.45) is -0.670. The summed E-state index contributed by atoms with van der Waals surface area (Å²) in [5.41, 5.74) is 4.72. The summed E-state index contributed by atoms with van der Waals surface area (Å²) >= 11 is 0. The molecule has 0 aliphatic rings. The zero-order valence-electron chi connectivity index (χ0n) is 24.9. The molecule has 2 aromatic rings. The van der Waals surface area contributed by atoms with Crippen LogP contribution in [0.4, 0.5) is 10.5 Å². The van der Waals surface area contributed by atoms with Gasteiger partial charge in [0.1, 0.15) is 17.7 Å². The van der Waals surface area contributed by atoms with Gasteiger partial charge in [-0.05, 0) is 96.0 Å². The molecule has 0 spiro atoms. The fraction of sp³-hybridized carbons (Fsp3) is 0.516.